The Hall–Kier alpha value is -5.47. The van der Waals surface area contributed by atoms with E-state index in [1.807, 2.05) is 29.1 Å². The quantitative estimate of drug-likeness (QED) is 0.0606. The molecule has 3 amide bonds. The number of rotatable bonds is 11. The molecule has 46 heavy (non-hydrogen) atoms. The van der Waals surface area contributed by atoms with Crippen molar-refractivity contribution in [2.45, 2.75) is 24.9 Å². The fraction of sp³-hybridized carbons (Fsp3) is 0.241. The summed E-state index contributed by atoms with van der Waals surface area (Å²) < 4.78 is 3.50. The standard InChI is InChI=1S/C29H27N9O6S2/c1-3-44-35-21(19-14-46-29(31)33-19)25(40)34-22-26(41)38-23(28(42)43)17(13-45-27(22)38)5-4-8-37-9-6-16(7-10-37)18-11-20(36(2)12-18)24(39)32-15-30/h4-7,9-12,14,22,27H,3,8,13H2,1-2H3,(H4-,31,32,33,34,39,40,42,43)/b5-4+,35-21-/t22-,27-/m1/s1. The Labute approximate surface area is 270 Å². The molecule has 1 fully saturated rings. The summed E-state index contributed by atoms with van der Waals surface area (Å²) >= 11 is 2.43. The third-order valence-corrected chi connectivity index (χ3v) is 8.99. The van der Waals surface area contributed by atoms with E-state index in [2.05, 4.69) is 20.8 Å². The zero-order chi connectivity index (χ0) is 33.0. The molecular weight excluding hydrogens is 635 g/mol. The molecule has 0 radical (unpaired) electrons. The second kappa shape index (κ2) is 13.7. The van der Waals surface area contributed by atoms with Crippen LogP contribution in [0.3, 0.4) is 0 Å². The fourth-order valence-corrected chi connectivity index (χ4v) is 6.72. The number of aromatic nitrogens is 3. The Morgan fingerprint density at radius 3 is 2.74 bits per heavy atom. The van der Waals surface area contributed by atoms with Crippen LogP contribution >= 0.6 is 23.1 Å². The van der Waals surface area contributed by atoms with Gasteiger partial charge in [0.15, 0.2) is 36.0 Å². The lowest BCUT2D eigenvalue weighted by Crippen LogP contribution is -2.71. The number of nitriles is 1. The van der Waals surface area contributed by atoms with Crippen molar-refractivity contribution in [2.24, 2.45) is 12.2 Å². The Kier molecular flexibility index (Phi) is 9.49. The largest absolute Gasteiger partial charge is 0.543 e. The molecular formula is C29H27N9O6S2. The highest BCUT2D eigenvalue weighted by molar-refractivity contribution is 8.00. The zero-order valence-corrected chi connectivity index (χ0v) is 26.1. The van der Waals surface area contributed by atoms with Gasteiger partial charge in [-0.05, 0) is 30.2 Å². The third kappa shape index (κ3) is 6.48. The summed E-state index contributed by atoms with van der Waals surface area (Å²) in [6.45, 7) is 2.30. The van der Waals surface area contributed by atoms with E-state index in [-0.39, 0.29) is 34.6 Å². The summed E-state index contributed by atoms with van der Waals surface area (Å²) in [7, 11) is 1.71. The number of carbonyl (C=O) groups excluding carboxylic acids is 4. The monoisotopic (exact) mass is 661 g/mol. The van der Waals surface area contributed by atoms with E-state index in [0.717, 1.165) is 27.4 Å². The molecule has 236 valence electrons. The average Bonchev–Trinajstić information content (AvgIpc) is 3.65. The van der Waals surface area contributed by atoms with Gasteiger partial charge < -0.3 is 30.4 Å². The number of allylic oxidation sites excluding steroid dienone is 2. The van der Waals surface area contributed by atoms with Gasteiger partial charge in [-0.1, -0.05) is 11.2 Å². The van der Waals surface area contributed by atoms with Gasteiger partial charge in [0, 0.05) is 42.1 Å². The minimum atomic E-state index is -1.50. The van der Waals surface area contributed by atoms with Crippen LogP contribution in [0.15, 0.2) is 70.7 Å². The summed E-state index contributed by atoms with van der Waals surface area (Å²) in [5, 5.41) is 30.5. The van der Waals surface area contributed by atoms with Crippen molar-refractivity contribution < 1.29 is 33.7 Å². The molecule has 0 aliphatic carbocycles. The first-order chi connectivity index (χ1) is 22.1. The lowest BCUT2D eigenvalue weighted by atomic mass is 10.0. The smallest absolute Gasteiger partial charge is 0.280 e. The number of nitrogens with two attached hydrogens (primary N) is 1. The van der Waals surface area contributed by atoms with Gasteiger partial charge in [0.05, 0.1) is 11.7 Å². The number of oxime groups is 1. The third-order valence-electron chi connectivity index (χ3n) is 7.01. The van der Waals surface area contributed by atoms with Gasteiger partial charge in [0.1, 0.15) is 29.4 Å². The second-order valence-electron chi connectivity index (χ2n) is 9.93. The number of β-lactam (4-membered cyclic amide) rings is 1. The Bertz CT molecular complexity index is 1840. The number of carboxylic acid groups (broad SMARTS) is 1. The molecule has 0 spiro atoms. The van der Waals surface area contributed by atoms with Crippen LogP contribution in [0.4, 0.5) is 5.13 Å². The highest BCUT2D eigenvalue weighted by Crippen LogP contribution is 2.40. The molecule has 4 N–H and O–H groups in total. The van der Waals surface area contributed by atoms with Crippen LogP contribution in [-0.2, 0) is 32.8 Å². The van der Waals surface area contributed by atoms with E-state index >= 15 is 0 Å². The lowest BCUT2D eigenvalue weighted by Gasteiger charge is -2.50. The number of nitrogens with one attached hydrogen (secondary N) is 2. The number of anilines is 1. The van der Waals surface area contributed by atoms with Crippen LogP contribution in [0.1, 0.15) is 23.1 Å². The van der Waals surface area contributed by atoms with Crippen molar-refractivity contribution in [1.82, 2.24) is 25.1 Å². The minimum absolute atomic E-state index is 0.150. The van der Waals surface area contributed by atoms with Crippen LogP contribution in [0.25, 0.3) is 11.1 Å². The molecule has 2 atom stereocenters. The number of amides is 3. The van der Waals surface area contributed by atoms with Gasteiger partial charge in [-0.25, -0.2) is 9.55 Å². The minimum Gasteiger partial charge on any atom is -0.543 e. The fourth-order valence-electron chi connectivity index (χ4n) is 4.85. The molecule has 3 aromatic rings. The number of fused-ring (bicyclic) bond motifs is 1. The van der Waals surface area contributed by atoms with Gasteiger partial charge in [-0.2, -0.15) is 5.26 Å². The maximum atomic E-state index is 13.1. The lowest BCUT2D eigenvalue weighted by molar-refractivity contribution is -0.686. The predicted octanol–water partition coefficient (Wildman–Crippen LogP) is -0.370. The first kappa shape index (κ1) is 31.9. The molecule has 1 saturated heterocycles. The number of thioether (sulfide) groups is 1. The number of thiazole rings is 1. The second-order valence-corrected chi connectivity index (χ2v) is 11.9. The average molecular weight is 662 g/mol. The van der Waals surface area contributed by atoms with Gasteiger partial charge in [0.25, 0.3) is 17.7 Å². The molecule has 2 aliphatic heterocycles. The van der Waals surface area contributed by atoms with Crippen molar-refractivity contribution in [3.63, 3.8) is 0 Å². The maximum absolute atomic E-state index is 13.1. The number of hydrogen-bond acceptors (Lipinski definition) is 12. The van der Waals surface area contributed by atoms with Gasteiger partial charge in [-0.3, -0.25) is 24.6 Å². The highest BCUT2D eigenvalue weighted by Gasteiger charge is 2.53. The Morgan fingerprint density at radius 1 is 1.33 bits per heavy atom. The van der Waals surface area contributed by atoms with Crippen molar-refractivity contribution in [2.75, 3.05) is 18.1 Å². The van der Waals surface area contributed by atoms with E-state index in [1.54, 1.807) is 54.5 Å². The van der Waals surface area contributed by atoms with E-state index in [0.29, 0.717) is 17.8 Å². The van der Waals surface area contributed by atoms with Crippen molar-refractivity contribution in [3.8, 4) is 17.3 Å². The summed E-state index contributed by atoms with van der Waals surface area (Å²) in [5.74, 6) is -3.03. The summed E-state index contributed by atoms with van der Waals surface area (Å²) in [6, 6.07) is 4.42. The summed E-state index contributed by atoms with van der Waals surface area (Å²) in [6.07, 6.45) is 10.5. The maximum Gasteiger partial charge on any atom is 0.280 e. The highest BCUT2D eigenvalue weighted by atomic mass is 32.2. The van der Waals surface area contributed by atoms with E-state index < -0.39 is 35.1 Å². The first-order valence-electron chi connectivity index (χ1n) is 13.8. The summed E-state index contributed by atoms with van der Waals surface area (Å²) in [5.41, 5.74) is 7.89. The molecule has 0 unspecified atom stereocenters. The molecule has 0 saturated carbocycles. The number of pyridine rings is 1. The SMILES string of the molecule is CCO/N=C(\C(=O)N[C@@H]1C(=O)N2C(C(=O)[O-])=C(/C=C/C[n+]3ccc(-c4cc(C(=O)NC#N)n(C)c4)cc3)CS[C@H]12)c1csc(N)n1. The number of hydrogen-bond donors (Lipinski definition) is 3. The number of carboxylic acids is 1. The Balaban J connectivity index is 1.25. The first-order valence-corrected chi connectivity index (χ1v) is 15.7. The molecule has 0 bridgehead atoms. The van der Waals surface area contributed by atoms with E-state index in [4.69, 9.17) is 15.8 Å². The molecule has 0 aromatic carbocycles. The Morgan fingerprint density at radius 2 is 2.09 bits per heavy atom. The number of carbonyl (C=O) groups is 4. The predicted molar refractivity (Wildman–Crippen MR) is 165 cm³/mol. The van der Waals surface area contributed by atoms with Crippen LogP contribution in [0, 0.1) is 11.5 Å². The van der Waals surface area contributed by atoms with Crippen LogP contribution < -0.4 is 26.0 Å². The molecule has 15 nitrogen and oxygen atoms in total. The molecule has 3 aromatic heterocycles. The van der Waals surface area contributed by atoms with Gasteiger partial charge in [-0.15, -0.1) is 23.1 Å². The van der Waals surface area contributed by atoms with Gasteiger partial charge >= 0.3 is 0 Å². The normalized spacial score (nSPS) is 17.7. The van der Waals surface area contributed by atoms with Crippen LogP contribution in [0.2, 0.25) is 0 Å². The van der Waals surface area contributed by atoms with Crippen LogP contribution in [0.5, 0.6) is 0 Å². The van der Waals surface area contributed by atoms with Crippen molar-refractivity contribution in [3.05, 3.63) is 77.0 Å². The van der Waals surface area contributed by atoms with E-state index in [9.17, 15) is 24.3 Å². The van der Waals surface area contributed by atoms with Crippen molar-refractivity contribution in [1.29, 1.82) is 5.26 Å². The van der Waals surface area contributed by atoms with E-state index in [1.165, 1.54) is 11.8 Å². The number of nitrogen functional groups attached to an aromatic ring is 1. The molecule has 17 heteroatoms. The molecule has 5 heterocycles. The van der Waals surface area contributed by atoms with Gasteiger partial charge in [0.2, 0.25) is 0 Å². The number of aliphatic carboxylic acids is 1. The topological polar surface area (TPSA) is 212 Å². The van der Waals surface area contributed by atoms with Crippen molar-refractivity contribution >= 4 is 57.6 Å². The zero-order valence-electron chi connectivity index (χ0n) is 24.5. The summed E-state index contributed by atoms with van der Waals surface area (Å²) in [4.78, 5) is 60.6. The van der Waals surface area contributed by atoms with Crippen LogP contribution in [-0.4, -0.2) is 67.6 Å². The molecule has 2 aliphatic rings. The number of nitrogens with zero attached hydrogens (tertiary/aromatic N) is 6. The number of aryl methyl sites for hydroxylation is 1. The molecule has 5 rings (SSSR count).